The lowest BCUT2D eigenvalue weighted by molar-refractivity contribution is -0.131. The number of nitriles is 1. The lowest BCUT2D eigenvalue weighted by Gasteiger charge is -2.41. The number of fused-ring (bicyclic) bond motifs is 3. The van der Waals surface area contributed by atoms with Gasteiger partial charge in [-0.2, -0.15) is 5.26 Å². The van der Waals surface area contributed by atoms with E-state index < -0.39 is 11.0 Å². The summed E-state index contributed by atoms with van der Waals surface area (Å²) in [5, 5.41) is 34.0. The smallest absolute Gasteiger partial charge is 0.251 e. The number of tetrazole rings is 1. The first-order chi connectivity index (χ1) is 21.1. The number of nitrogens with zero attached hydrogens (tertiary/aromatic N) is 5. The van der Waals surface area contributed by atoms with Crippen LogP contribution in [0.25, 0.3) is 0 Å². The molecule has 3 aliphatic rings. The van der Waals surface area contributed by atoms with Crippen LogP contribution in [0.5, 0.6) is 0 Å². The van der Waals surface area contributed by atoms with Gasteiger partial charge in [0.05, 0.1) is 18.0 Å². The average Bonchev–Trinajstić information content (AvgIpc) is 3.42. The monoisotopic (exact) mass is 595 g/mol. The number of piperidine rings is 1. The fraction of sp³-hybridized carbons (Fsp3) is 0.469. The molecule has 0 radical (unpaired) electrons. The van der Waals surface area contributed by atoms with E-state index in [0.29, 0.717) is 42.1 Å². The van der Waals surface area contributed by atoms with Gasteiger partial charge in [0.2, 0.25) is 5.91 Å². The molecule has 0 unspecified atom stereocenters. The summed E-state index contributed by atoms with van der Waals surface area (Å²) in [7, 11) is 3.21. The predicted octanol–water partition coefficient (Wildman–Crippen LogP) is 1.62. The third kappa shape index (κ3) is 5.01. The van der Waals surface area contributed by atoms with E-state index in [0.717, 1.165) is 35.1 Å². The van der Waals surface area contributed by atoms with E-state index in [1.165, 1.54) is 0 Å². The van der Waals surface area contributed by atoms with Crippen molar-refractivity contribution in [2.75, 3.05) is 20.6 Å². The molecular formula is C32H37N9O3. The molecule has 4 N–H and O–H groups in total. The molecular weight excluding hydrogens is 558 g/mol. The Hall–Kier alpha value is -4.63. The molecule has 2 aromatic carbocycles. The zero-order valence-electron chi connectivity index (χ0n) is 25.4. The van der Waals surface area contributed by atoms with Crippen molar-refractivity contribution in [1.29, 1.82) is 5.26 Å². The maximum Gasteiger partial charge on any atom is 0.251 e. The summed E-state index contributed by atoms with van der Waals surface area (Å²) in [6, 6.07) is 13.5. The second-order valence-corrected chi connectivity index (χ2v) is 12.7. The predicted molar refractivity (Wildman–Crippen MR) is 161 cm³/mol. The third-order valence-electron chi connectivity index (χ3n) is 9.49. The Morgan fingerprint density at radius 2 is 1.64 bits per heavy atom. The Labute approximate surface area is 256 Å². The minimum absolute atomic E-state index is 0.0721. The Balaban J connectivity index is 1.44. The van der Waals surface area contributed by atoms with Crippen LogP contribution in [0.3, 0.4) is 0 Å². The number of nitrogens with one attached hydrogen (secondary N) is 4. The highest BCUT2D eigenvalue weighted by molar-refractivity contribution is 5.95. The van der Waals surface area contributed by atoms with Gasteiger partial charge in [0.25, 0.3) is 11.8 Å². The SMILES string of the molecule is CNC(=O)c1ccc2c(c1)CCc1cc(C(=O)NC)ccc1C2(CC(C)(C)NCC(=O)N1[C@H](C#N)C[C@@H]2C[C@@H]21)c1nnn[nH]1. The van der Waals surface area contributed by atoms with Gasteiger partial charge >= 0.3 is 0 Å². The van der Waals surface area contributed by atoms with E-state index in [-0.39, 0.29) is 36.3 Å². The van der Waals surface area contributed by atoms with E-state index in [2.05, 4.69) is 42.6 Å². The highest BCUT2D eigenvalue weighted by atomic mass is 16.2. The Kier molecular flexibility index (Phi) is 7.45. The summed E-state index contributed by atoms with van der Waals surface area (Å²) < 4.78 is 0. The largest absolute Gasteiger partial charge is 0.355 e. The number of carbonyl (C=O) groups excluding carboxylic acids is 3. The quantitative estimate of drug-likeness (QED) is 0.305. The number of likely N-dealkylation sites (tertiary alicyclic amines) is 1. The second-order valence-electron chi connectivity index (χ2n) is 12.7. The fourth-order valence-electron chi connectivity index (χ4n) is 7.35. The molecule has 1 saturated carbocycles. The van der Waals surface area contributed by atoms with Gasteiger partial charge in [0.1, 0.15) is 6.04 Å². The number of aromatic nitrogens is 4. The van der Waals surface area contributed by atoms with Crippen molar-refractivity contribution in [2.24, 2.45) is 5.92 Å². The number of hydrogen-bond acceptors (Lipinski definition) is 8. The van der Waals surface area contributed by atoms with Crippen LogP contribution in [0.1, 0.15) is 81.9 Å². The van der Waals surface area contributed by atoms with Gasteiger partial charge in [-0.3, -0.25) is 14.4 Å². The summed E-state index contributed by atoms with van der Waals surface area (Å²) in [5.74, 6) is 0.529. The standard InChI is InChI=1S/C32H37N9O3/c1-31(2,36-16-27(42)41-23(15-33)13-22-14-26(22)41)17-32(30-37-39-40-38-30)24-9-7-20(28(43)34-3)11-18(24)5-6-19-12-21(29(44)35-4)8-10-25(19)32/h7-12,22-23,26,36H,5-6,13-14,16-17H2,1-4H3,(H,34,43)(H,35,44)(H,37,38,39,40)/t22-,23+,26+/m1/s1. The van der Waals surface area contributed by atoms with Crippen LogP contribution >= 0.6 is 0 Å². The van der Waals surface area contributed by atoms with E-state index in [1.54, 1.807) is 19.0 Å². The molecule has 12 heteroatoms. The average molecular weight is 596 g/mol. The highest BCUT2D eigenvalue weighted by Crippen LogP contribution is 2.49. The lowest BCUT2D eigenvalue weighted by Crippen LogP contribution is -2.52. The molecule has 1 aromatic heterocycles. The molecule has 3 amide bonds. The van der Waals surface area contributed by atoms with Gasteiger partial charge in [0.15, 0.2) is 5.82 Å². The maximum atomic E-state index is 13.4. The maximum absolute atomic E-state index is 13.4. The van der Waals surface area contributed by atoms with Gasteiger partial charge in [-0.25, -0.2) is 5.10 Å². The molecule has 12 nitrogen and oxygen atoms in total. The van der Waals surface area contributed by atoms with Crippen LogP contribution in [-0.4, -0.2) is 81.5 Å². The van der Waals surface area contributed by atoms with E-state index in [4.69, 9.17) is 0 Å². The normalized spacial score (nSPS) is 21.2. The van der Waals surface area contributed by atoms with Gasteiger partial charge in [0, 0.05) is 36.8 Å². The first-order valence-electron chi connectivity index (χ1n) is 15.0. The van der Waals surface area contributed by atoms with E-state index in [1.807, 2.05) is 50.2 Å². The summed E-state index contributed by atoms with van der Waals surface area (Å²) in [6.07, 6.45) is 3.43. The molecule has 2 heterocycles. The summed E-state index contributed by atoms with van der Waals surface area (Å²) in [6.45, 7) is 4.17. The van der Waals surface area contributed by atoms with Crippen molar-refractivity contribution in [3.63, 3.8) is 0 Å². The molecule has 3 atom stereocenters. The third-order valence-corrected chi connectivity index (χ3v) is 9.49. The van der Waals surface area contributed by atoms with Crippen LogP contribution in [0.4, 0.5) is 0 Å². The van der Waals surface area contributed by atoms with Gasteiger partial charge < -0.3 is 20.9 Å². The topological polar surface area (TPSA) is 169 Å². The lowest BCUT2D eigenvalue weighted by atomic mass is 9.65. The molecule has 0 spiro atoms. The van der Waals surface area contributed by atoms with Crippen molar-refractivity contribution < 1.29 is 14.4 Å². The molecule has 2 fully saturated rings. The summed E-state index contributed by atoms with van der Waals surface area (Å²) >= 11 is 0. The first-order valence-corrected chi connectivity index (χ1v) is 15.0. The van der Waals surface area contributed by atoms with Crippen LogP contribution in [-0.2, 0) is 23.1 Å². The minimum Gasteiger partial charge on any atom is -0.355 e. The number of amides is 3. The highest BCUT2D eigenvalue weighted by Gasteiger charge is 2.54. The first kappa shape index (κ1) is 29.4. The molecule has 3 aromatic rings. The van der Waals surface area contributed by atoms with Crippen LogP contribution in [0.15, 0.2) is 36.4 Å². The van der Waals surface area contributed by atoms with Gasteiger partial charge in [-0.05, 0) is 109 Å². The number of carbonyl (C=O) groups is 3. The number of hydrogen-bond donors (Lipinski definition) is 4. The zero-order valence-corrected chi connectivity index (χ0v) is 25.4. The van der Waals surface area contributed by atoms with Crippen molar-refractivity contribution >= 4 is 17.7 Å². The van der Waals surface area contributed by atoms with Crippen molar-refractivity contribution in [3.05, 3.63) is 75.6 Å². The van der Waals surface area contributed by atoms with Gasteiger partial charge in [-0.1, -0.05) is 12.1 Å². The Bertz CT molecular complexity index is 1590. The Morgan fingerprint density at radius 3 is 2.16 bits per heavy atom. The molecule has 6 rings (SSSR count). The number of H-pyrrole nitrogens is 1. The van der Waals surface area contributed by atoms with E-state index >= 15 is 0 Å². The fourth-order valence-corrected chi connectivity index (χ4v) is 7.35. The van der Waals surface area contributed by atoms with Crippen LogP contribution in [0.2, 0.25) is 0 Å². The molecule has 228 valence electrons. The number of benzene rings is 2. The van der Waals surface area contributed by atoms with Crippen molar-refractivity contribution in [3.8, 4) is 6.07 Å². The number of rotatable bonds is 8. The summed E-state index contributed by atoms with van der Waals surface area (Å²) in [5.41, 5.74) is 3.38. The Morgan fingerprint density at radius 1 is 1.02 bits per heavy atom. The van der Waals surface area contributed by atoms with Gasteiger partial charge in [-0.15, -0.1) is 5.10 Å². The molecule has 1 aliphatic heterocycles. The van der Waals surface area contributed by atoms with E-state index in [9.17, 15) is 19.6 Å². The molecule has 2 aliphatic carbocycles. The van der Waals surface area contributed by atoms with Crippen molar-refractivity contribution in [1.82, 2.24) is 41.5 Å². The zero-order chi connectivity index (χ0) is 31.2. The molecule has 0 bridgehead atoms. The van der Waals surface area contributed by atoms with Crippen LogP contribution < -0.4 is 16.0 Å². The second kappa shape index (κ2) is 11.1. The molecule has 1 saturated heterocycles. The van der Waals surface area contributed by atoms with Crippen LogP contribution in [0, 0.1) is 17.2 Å². The minimum atomic E-state index is -0.920. The number of aromatic amines is 1. The number of aryl methyl sites for hydroxylation is 2. The summed E-state index contributed by atoms with van der Waals surface area (Å²) in [4.78, 5) is 40.5. The van der Waals surface area contributed by atoms with Crippen molar-refractivity contribution in [2.45, 2.75) is 69.0 Å². The molecule has 44 heavy (non-hydrogen) atoms.